The van der Waals surface area contributed by atoms with Crippen molar-refractivity contribution in [2.75, 3.05) is 0 Å². The van der Waals surface area contributed by atoms with Gasteiger partial charge in [-0.2, -0.15) is 0 Å². The van der Waals surface area contributed by atoms with Crippen LogP contribution in [0.4, 0.5) is 0 Å². The monoisotopic (exact) mass is 1010 g/mol. The first-order chi connectivity index (χ1) is 37.8. The third-order valence-electron chi connectivity index (χ3n) is 23.5. The van der Waals surface area contributed by atoms with Gasteiger partial charge < -0.3 is 4.42 Å². The van der Waals surface area contributed by atoms with Crippen LogP contribution in [0.15, 0.2) is 4.42 Å². The Morgan fingerprint density at radius 3 is 0.630 bits per heavy atom. The molecule has 0 atom stereocenters. The van der Waals surface area contributed by atoms with Gasteiger partial charge in [-0.3, -0.25) is 0 Å². The molecule has 0 fully saturated rings. The van der Waals surface area contributed by atoms with Gasteiger partial charge >= 0.3 is 0 Å². The molecule has 0 aliphatic heterocycles. The lowest BCUT2D eigenvalue weighted by molar-refractivity contribution is 0.675. The molecule has 0 unspecified atom stereocenters. The van der Waals surface area contributed by atoms with Crippen molar-refractivity contribution in [3.05, 3.63) is 0 Å². The van der Waals surface area contributed by atoms with E-state index < -0.39 is 0 Å². The predicted molar refractivity (Wildman–Crippen MR) is 463 cm³/mol. The minimum Gasteiger partial charge on any atom is -0.457 e. The van der Waals surface area contributed by atoms with Crippen molar-refractivity contribution in [1.82, 2.24) is 0 Å². The van der Waals surface area contributed by atoms with Crippen LogP contribution in [0.25, 0.3) is 109 Å². The van der Waals surface area contributed by atoms with Gasteiger partial charge in [-0.25, -0.2) is 0 Å². The smallest absolute Gasteiger partial charge is 0.145 e. The Labute approximate surface area is 509 Å². The molecule has 0 bridgehead atoms. The lowest BCUT2D eigenvalue weighted by Crippen LogP contribution is -2.53. The SMILES string of the molecule is Bc1c(-c2c3c(B)c(B)c(B)c(B)c3c(-c3c(B)c(B)c(-c4c(B)c(B)c(B)c5c(B)c(B)c(B)c(B)c45)c4c(B)c(B)c(B)c(B)c34)c3c(B)c(B)c(B)c(B)c23)c(B)c2c(oc3c(B)c4c(B)c(B)c(B)c(B)c4c(B)c32)c1B. The Kier molecular flexibility index (Phi) is 13.9. The Morgan fingerprint density at radius 1 is 0.111 bits per heavy atom. The molecule has 1 heterocycles. The molecule has 0 aliphatic rings. The molecule has 11 rings (SSSR count). The van der Waals surface area contributed by atoms with Gasteiger partial charge in [0.25, 0.3) is 0 Å². The summed E-state index contributed by atoms with van der Waals surface area (Å²) in [5.74, 6) is 0. The predicted octanol–water partition coefficient (Wildman–Crippen LogP) is -37.9. The Morgan fingerprint density at radius 2 is 0.296 bits per heavy atom. The van der Waals surface area contributed by atoms with Gasteiger partial charge in [0.05, 0.1) is 0 Å². The number of benzene rings is 10. The van der Waals surface area contributed by atoms with Crippen LogP contribution < -0.4 is 164 Å². The standard InChI is InChI=1S/C50H60B30O/c51-19-13(35(67)48(80)50-18(19)17-20(52)15-16(36(68)49(17)81-50)34(66)47(79)46(78)33(15)65)2-6-3(23(55)38(70)40(72)25(6)57)1(4-7(2)26(58)41(73)39(71)24(4)56)5-8-10(29(61)43(75)42(74)28(8)60)9(22(54)21(5)53)11-12-14(31(63)37(69)27(11)59)32(64)45(77)44(76)30(12)62/h51-80H2. The highest BCUT2D eigenvalue weighted by molar-refractivity contribution is 6.78. The second-order valence-electron chi connectivity index (χ2n) is 26.3. The number of hydrogen-bond donors (Lipinski definition) is 0. The maximum absolute atomic E-state index is 7.34. The van der Waals surface area contributed by atoms with Crippen molar-refractivity contribution in [3.63, 3.8) is 0 Å². The van der Waals surface area contributed by atoms with Gasteiger partial charge in [-0.1, -0.05) is 98.3 Å². The summed E-state index contributed by atoms with van der Waals surface area (Å²) in [5.41, 5.74) is 51.4. The van der Waals surface area contributed by atoms with E-state index in [1.165, 1.54) is 262 Å². The lowest BCUT2D eigenvalue weighted by atomic mass is 9.55. The molecule has 11 aromatic rings. The number of hydrogen-bond acceptors (Lipinski definition) is 1. The average molecular weight is 1000 g/mol. The Bertz CT molecular complexity index is 4840. The largest absolute Gasteiger partial charge is 0.457 e. The molecule has 0 N–H and O–H groups in total. The van der Waals surface area contributed by atoms with Crippen LogP contribution in [0.2, 0.25) is 0 Å². The van der Waals surface area contributed by atoms with Crippen LogP contribution in [0, 0.1) is 0 Å². The van der Waals surface area contributed by atoms with Crippen LogP contribution in [-0.2, 0) is 0 Å². The molecule has 0 saturated carbocycles. The van der Waals surface area contributed by atoms with Gasteiger partial charge in [-0.15, -0.1) is 60.1 Å². The number of rotatable bonds is 3. The zero-order chi connectivity index (χ0) is 59.6. The minimum absolute atomic E-state index is 1.02. The molecule has 0 spiro atoms. The fourth-order valence-electron chi connectivity index (χ4n) is 16.5. The van der Waals surface area contributed by atoms with Gasteiger partial charge in [0.2, 0.25) is 0 Å². The van der Waals surface area contributed by atoms with Crippen molar-refractivity contribution >= 4 is 475 Å². The molecular formula is C50H60B30O. The maximum Gasteiger partial charge on any atom is 0.145 e. The highest BCUT2D eigenvalue weighted by Crippen LogP contribution is 2.43. The van der Waals surface area contributed by atoms with Crippen molar-refractivity contribution in [3.8, 4) is 33.4 Å². The first kappa shape index (κ1) is 58.0. The molecule has 1 nitrogen and oxygen atoms in total. The summed E-state index contributed by atoms with van der Waals surface area (Å²) < 4.78 is 7.34. The van der Waals surface area contributed by atoms with Crippen LogP contribution in [0.5, 0.6) is 0 Å². The number of furan rings is 1. The molecule has 10 aromatic carbocycles. The van der Waals surface area contributed by atoms with Crippen molar-refractivity contribution in [2.45, 2.75) is 0 Å². The van der Waals surface area contributed by atoms with E-state index in [0.29, 0.717) is 0 Å². The fraction of sp³-hybridized carbons (Fsp3) is 0. The molecule has 0 amide bonds. The van der Waals surface area contributed by atoms with E-state index in [0.717, 1.165) is 11.2 Å². The number of fused-ring (bicyclic) bond motifs is 8. The van der Waals surface area contributed by atoms with E-state index >= 15 is 0 Å². The van der Waals surface area contributed by atoms with Gasteiger partial charge in [0.15, 0.2) is 0 Å². The molecule has 1 aromatic heterocycles. The van der Waals surface area contributed by atoms with Crippen LogP contribution in [0.1, 0.15) is 0 Å². The highest BCUT2D eigenvalue weighted by atomic mass is 16.3. The molecule has 31 heteroatoms. The maximum atomic E-state index is 7.34. The summed E-state index contributed by atoms with van der Waals surface area (Å²) in [6.07, 6.45) is 0. The fourth-order valence-corrected chi connectivity index (χ4v) is 16.5. The van der Waals surface area contributed by atoms with E-state index in [4.69, 9.17) is 4.42 Å². The summed E-state index contributed by atoms with van der Waals surface area (Å²) in [5, 5.41) is 16.5. The molecule has 0 aliphatic carbocycles. The topological polar surface area (TPSA) is 13.1 Å². The Balaban J connectivity index is 1.44. The minimum atomic E-state index is 1.02. The second kappa shape index (κ2) is 19.4. The van der Waals surface area contributed by atoms with Gasteiger partial charge in [0, 0.05) is 10.8 Å². The average Bonchev–Trinajstić information content (AvgIpc) is 4.10. The van der Waals surface area contributed by atoms with Crippen LogP contribution >= 0.6 is 0 Å². The van der Waals surface area contributed by atoms with Gasteiger partial charge in [-0.05, 0) is 92.7 Å². The quantitative estimate of drug-likeness (QED) is 0.127. The van der Waals surface area contributed by atoms with Crippen molar-refractivity contribution < 1.29 is 4.42 Å². The molecule has 0 saturated heterocycles. The normalized spacial score (nSPS) is 12.0. The van der Waals surface area contributed by atoms with Gasteiger partial charge in [0.1, 0.15) is 247 Å². The zero-order valence-corrected chi connectivity index (χ0v) is 55.4. The summed E-state index contributed by atoms with van der Waals surface area (Å²) in [6, 6.07) is 0. The summed E-state index contributed by atoms with van der Waals surface area (Å²) in [7, 11) is 71.6. The third kappa shape index (κ3) is 7.30. The third-order valence-corrected chi connectivity index (χ3v) is 23.5. The highest BCUT2D eigenvalue weighted by Gasteiger charge is 2.33. The van der Waals surface area contributed by atoms with E-state index in [2.05, 4.69) is 235 Å². The van der Waals surface area contributed by atoms with Crippen LogP contribution in [-0.4, -0.2) is 235 Å². The first-order valence-electron chi connectivity index (χ1n) is 30.2. The molecular weight excluding hydrogens is 941 g/mol. The summed E-state index contributed by atoms with van der Waals surface area (Å²) in [4.78, 5) is 0. The van der Waals surface area contributed by atoms with Crippen molar-refractivity contribution in [1.29, 1.82) is 0 Å². The van der Waals surface area contributed by atoms with E-state index in [1.807, 2.05) is 0 Å². The zero-order valence-electron chi connectivity index (χ0n) is 55.4. The first-order valence-corrected chi connectivity index (χ1v) is 30.2. The summed E-state index contributed by atoms with van der Waals surface area (Å²) >= 11 is 0. The van der Waals surface area contributed by atoms with E-state index in [-0.39, 0.29) is 0 Å². The van der Waals surface area contributed by atoms with Crippen molar-refractivity contribution in [2.24, 2.45) is 0 Å². The molecule has 356 valence electrons. The van der Waals surface area contributed by atoms with Crippen LogP contribution in [0.3, 0.4) is 0 Å². The summed E-state index contributed by atoms with van der Waals surface area (Å²) in [6.45, 7) is 0. The second-order valence-corrected chi connectivity index (χ2v) is 26.3. The molecule has 81 heavy (non-hydrogen) atoms. The molecule has 0 radical (unpaired) electrons. The lowest BCUT2D eigenvalue weighted by Gasteiger charge is -2.33. The van der Waals surface area contributed by atoms with E-state index in [1.54, 1.807) is 0 Å². The Hall–Kier alpha value is -4.75. The van der Waals surface area contributed by atoms with E-state index in [9.17, 15) is 0 Å².